The molecule has 1 N–H and O–H groups in total. The number of aryl methyl sites for hydroxylation is 1. The van der Waals surface area contributed by atoms with Gasteiger partial charge in [-0.1, -0.05) is 33.8 Å². The first kappa shape index (κ1) is 13.9. The monoisotopic (exact) mass is 365 g/mol. The van der Waals surface area contributed by atoms with Gasteiger partial charge in [0.05, 0.1) is 0 Å². The van der Waals surface area contributed by atoms with E-state index in [1.165, 1.54) is 4.88 Å². The Morgan fingerprint density at radius 3 is 2.85 bits per heavy atom. The van der Waals surface area contributed by atoms with Gasteiger partial charge < -0.3 is 5.32 Å². The van der Waals surface area contributed by atoms with Crippen molar-refractivity contribution in [1.82, 2.24) is 9.97 Å². The number of rotatable bonds is 3. The predicted octanol–water partition coefficient (Wildman–Crippen LogP) is 4.96. The first-order chi connectivity index (χ1) is 9.65. The van der Waals surface area contributed by atoms with Crippen molar-refractivity contribution in [2.24, 2.45) is 0 Å². The topological polar surface area (TPSA) is 37.8 Å². The molecule has 0 atom stereocenters. The third-order valence-electron chi connectivity index (χ3n) is 2.72. The molecule has 0 fully saturated rings. The van der Waals surface area contributed by atoms with Gasteiger partial charge in [-0.2, -0.15) is 0 Å². The Labute approximate surface area is 134 Å². The molecular formula is C14H12BrN3S2. The molecule has 2 aromatic heterocycles. The molecule has 0 aliphatic heterocycles. The standard InChI is InChI=1S/C14H12BrN3S2/c1-8-6-11-12(19-8)17-14(16-2)18-13(11)20-10-5-3-4-9(15)7-10/h3-7H,1-2H3,(H,16,17,18). The van der Waals surface area contributed by atoms with Crippen LogP contribution in [0, 0.1) is 6.92 Å². The van der Waals surface area contributed by atoms with Crippen LogP contribution in [-0.4, -0.2) is 17.0 Å². The van der Waals surface area contributed by atoms with E-state index in [0.717, 1.165) is 24.6 Å². The fourth-order valence-electron chi connectivity index (χ4n) is 1.85. The molecule has 0 amide bonds. The van der Waals surface area contributed by atoms with Crippen molar-refractivity contribution >= 4 is 55.2 Å². The third-order valence-corrected chi connectivity index (χ3v) is 5.15. The number of aromatic nitrogens is 2. The normalized spacial score (nSPS) is 10.9. The van der Waals surface area contributed by atoms with Crippen LogP contribution >= 0.6 is 39.0 Å². The summed E-state index contributed by atoms with van der Waals surface area (Å²) in [5.74, 6) is 0.664. The maximum Gasteiger partial charge on any atom is 0.224 e. The van der Waals surface area contributed by atoms with E-state index >= 15 is 0 Å². The zero-order chi connectivity index (χ0) is 14.1. The largest absolute Gasteiger partial charge is 0.357 e. The molecule has 20 heavy (non-hydrogen) atoms. The molecular weight excluding hydrogens is 354 g/mol. The van der Waals surface area contributed by atoms with Crippen LogP contribution in [0.15, 0.2) is 44.7 Å². The lowest BCUT2D eigenvalue weighted by molar-refractivity contribution is 1.10. The number of hydrogen-bond acceptors (Lipinski definition) is 5. The number of fused-ring (bicyclic) bond motifs is 1. The van der Waals surface area contributed by atoms with Crippen molar-refractivity contribution in [3.63, 3.8) is 0 Å². The average molecular weight is 366 g/mol. The molecule has 0 aliphatic rings. The second-order valence-corrected chi connectivity index (χ2v) is 7.45. The predicted molar refractivity (Wildman–Crippen MR) is 90.0 cm³/mol. The van der Waals surface area contributed by atoms with Crippen molar-refractivity contribution in [2.45, 2.75) is 16.8 Å². The van der Waals surface area contributed by atoms with Gasteiger partial charge in [0.1, 0.15) is 9.86 Å². The average Bonchev–Trinajstić information content (AvgIpc) is 2.79. The summed E-state index contributed by atoms with van der Waals surface area (Å²) in [5.41, 5.74) is 0. The zero-order valence-electron chi connectivity index (χ0n) is 11.0. The van der Waals surface area contributed by atoms with E-state index in [2.05, 4.69) is 56.3 Å². The van der Waals surface area contributed by atoms with Crippen LogP contribution in [0.1, 0.15) is 4.88 Å². The van der Waals surface area contributed by atoms with Gasteiger partial charge in [0.2, 0.25) is 5.95 Å². The Morgan fingerprint density at radius 2 is 2.10 bits per heavy atom. The van der Waals surface area contributed by atoms with Crippen LogP contribution in [0.25, 0.3) is 10.2 Å². The first-order valence-corrected chi connectivity index (χ1v) is 8.47. The van der Waals surface area contributed by atoms with Crippen LogP contribution in [0.5, 0.6) is 0 Å². The van der Waals surface area contributed by atoms with Crippen molar-refractivity contribution < 1.29 is 0 Å². The Kier molecular flexibility index (Phi) is 3.96. The highest BCUT2D eigenvalue weighted by Gasteiger charge is 2.11. The van der Waals surface area contributed by atoms with Gasteiger partial charge in [0.25, 0.3) is 0 Å². The quantitative estimate of drug-likeness (QED) is 0.666. The van der Waals surface area contributed by atoms with E-state index in [4.69, 9.17) is 0 Å². The maximum atomic E-state index is 4.59. The second-order valence-electron chi connectivity index (χ2n) is 4.24. The Hall–Kier alpha value is -1.11. The smallest absolute Gasteiger partial charge is 0.224 e. The van der Waals surface area contributed by atoms with E-state index in [1.54, 1.807) is 23.1 Å². The summed E-state index contributed by atoms with van der Waals surface area (Å²) < 4.78 is 1.07. The minimum Gasteiger partial charge on any atom is -0.357 e. The number of thiophene rings is 1. The highest BCUT2D eigenvalue weighted by Crippen LogP contribution is 2.36. The van der Waals surface area contributed by atoms with Crippen LogP contribution in [-0.2, 0) is 0 Å². The molecule has 0 saturated carbocycles. The van der Waals surface area contributed by atoms with Crippen molar-refractivity contribution in [3.8, 4) is 0 Å². The van der Waals surface area contributed by atoms with Crippen molar-refractivity contribution in [1.29, 1.82) is 0 Å². The molecule has 3 nitrogen and oxygen atoms in total. The van der Waals surface area contributed by atoms with E-state index < -0.39 is 0 Å². The minimum absolute atomic E-state index is 0.664. The van der Waals surface area contributed by atoms with Gasteiger partial charge in [0.15, 0.2) is 0 Å². The van der Waals surface area contributed by atoms with E-state index in [-0.39, 0.29) is 0 Å². The number of halogens is 1. The van der Waals surface area contributed by atoms with Gasteiger partial charge in [-0.3, -0.25) is 0 Å². The fraction of sp³-hybridized carbons (Fsp3) is 0.143. The summed E-state index contributed by atoms with van der Waals surface area (Å²) in [7, 11) is 1.84. The molecule has 0 unspecified atom stereocenters. The van der Waals surface area contributed by atoms with Crippen LogP contribution in [0.4, 0.5) is 5.95 Å². The van der Waals surface area contributed by atoms with E-state index in [9.17, 15) is 0 Å². The maximum absolute atomic E-state index is 4.59. The van der Waals surface area contributed by atoms with Crippen LogP contribution < -0.4 is 5.32 Å². The lowest BCUT2D eigenvalue weighted by Gasteiger charge is -2.05. The Balaban J connectivity index is 2.09. The molecule has 0 radical (unpaired) electrons. The number of hydrogen-bond donors (Lipinski definition) is 1. The molecule has 0 aliphatic carbocycles. The fourth-order valence-corrected chi connectivity index (χ4v) is 4.30. The van der Waals surface area contributed by atoms with Crippen molar-refractivity contribution in [3.05, 3.63) is 39.7 Å². The highest BCUT2D eigenvalue weighted by atomic mass is 79.9. The third kappa shape index (κ3) is 2.82. The minimum atomic E-state index is 0.664. The first-order valence-electron chi connectivity index (χ1n) is 6.05. The Morgan fingerprint density at radius 1 is 1.25 bits per heavy atom. The van der Waals surface area contributed by atoms with Gasteiger partial charge in [0, 0.05) is 26.7 Å². The number of nitrogens with zero attached hydrogens (tertiary/aromatic N) is 2. The summed E-state index contributed by atoms with van der Waals surface area (Å²) in [5, 5.41) is 5.14. The molecule has 102 valence electrons. The summed E-state index contributed by atoms with van der Waals surface area (Å²) in [6.45, 7) is 2.10. The lowest BCUT2D eigenvalue weighted by atomic mass is 10.4. The lowest BCUT2D eigenvalue weighted by Crippen LogP contribution is -1.96. The van der Waals surface area contributed by atoms with Gasteiger partial charge in [-0.15, -0.1) is 11.3 Å². The summed E-state index contributed by atoms with van der Waals surface area (Å²) in [6, 6.07) is 10.4. The van der Waals surface area contributed by atoms with Crippen molar-refractivity contribution in [2.75, 3.05) is 12.4 Å². The number of anilines is 1. The Bertz CT molecular complexity index is 770. The highest BCUT2D eigenvalue weighted by molar-refractivity contribution is 9.10. The number of nitrogens with one attached hydrogen (secondary N) is 1. The van der Waals surface area contributed by atoms with Gasteiger partial charge in [-0.25, -0.2) is 9.97 Å². The molecule has 2 heterocycles. The van der Waals surface area contributed by atoms with Crippen LogP contribution in [0.2, 0.25) is 0 Å². The van der Waals surface area contributed by atoms with Gasteiger partial charge in [-0.05, 0) is 31.2 Å². The molecule has 0 spiro atoms. The van der Waals surface area contributed by atoms with E-state index in [1.807, 2.05) is 19.2 Å². The molecule has 0 bridgehead atoms. The SMILES string of the molecule is CNc1nc(Sc2cccc(Br)c2)c2cc(C)sc2n1. The molecule has 6 heteroatoms. The summed E-state index contributed by atoms with van der Waals surface area (Å²) in [6.07, 6.45) is 0. The number of benzene rings is 1. The molecule has 1 aromatic carbocycles. The summed E-state index contributed by atoms with van der Waals surface area (Å²) in [4.78, 5) is 12.5. The van der Waals surface area contributed by atoms with Crippen LogP contribution in [0.3, 0.4) is 0 Å². The molecule has 3 rings (SSSR count). The van der Waals surface area contributed by atoms with E-state index in [0.29, 0.717) is 5.95 Å². The molecule has 3 aromatic rings. The second kappa shape index (κ2) is 5.71. The van der Waals surface area contributed by atoms with Gasteiger partial charge >= 0.3 is 0 Å². The zero-order valence-corrected chi connectivity index (χ0v) is 14.2. The molecule has 0 saturated heterocycles. The summed E-state index contributed by atoms with van der Waals surface area (Å²) >= 11 is 6.86.